The number of carboxylic acid groups (broad SMARTS) is 1. The zero-order chi connectivity index (χ0) is 79.7. The van der Waals surface area contributed by atoms with Crippen molar-refractivity contribution in [3.63, 3.8) is 0 Å². The van der Waals surface area contributed by atoms with E-state index in [1.807, 2.05) is 30.3 Å². The summed E-state index contributed by atoms with van der Waals surface area (Å²) in [5, 5.41) is 28.3. The number of H-pyrrole nitrogens is 1. The quantitative estimate of drug-likeness (QED) is 0.0171. The number of anilines is 6. The molecule has 5 heterocycles. The normalized spacial score (nSPS) is 21.2. The van der Waals surface area contributed by atoms with Crippen molar-refractivity contribution in [1.82, 2.24) is 20.4 Å². The molecule has 9 atom stereocenters. The lowest BCUT2D eigenvalue weighted by molar-refractivity contribution is -0.141. The number of amides is 6. The number of benzene rings is 6. The van der Waals surface area contributed by atoms with Crippen molar-refractivity contribution in [2.45, 2.75) is 189 Å². The Hall–Kier alpha value is -8.94. The first-order chi connectivity index (χ1) is 51.9. The van der Waals surface area contributed by atoms with Crippen LogP contribution in [0.4, 0.5) is 65.3 Å². The van der Waals surface area contributed by atoms with E-state index in [1.54, 1.807) is 42.6 Å². The number of ether oxygens (including phenoxy) is 2. The van der Waals surface area contributed by atoms with Gasteiger partial charge in [-0.1, -0.05) is 11.6 Å². The molecule has 8 N–H and O–H groups in total. The van der Waals surface area contributed by atoms with E-state index in [9.17, 15) is 59.9 Å². The summed E-state index contributed by atoms with van der Waals surface area (Å²) in [6.45, 7) is 12.7. The van der Waals surface area contributed by atoms with Gasteiger partial charge in [-0.05, 0) is 244 Å². The van der Waals surface area contributed by atoms with Crippen LogP contribution >= 0.6 is 66.7 Å². The first kappa shape index (κ1) is 82.0. The van der Waals surface area contributed by atoms with Gasteiger partial charge in [0.15, 0.2) is 0 Å². The molecule has 6 amide bonds. The first-order valence-electron chi connectivity index (χ1n) is 35.5. The number of hydrogen-bond donors (Lipinski definition) is 7. The number of imide groups is 1. The average Bonchev–Trinajstić information content (AvgIpc) is 1.58. The average molecular weight is 1710 g/mol. The van der Waals surface area contributed by atoms with Crippen LogP contribution in [-0.2, 0) is 19.2 Å². The minimum atomic E-state index is -3.85. The third-order valence-corrected chi connectivity index (χ3v) is 22.1. The number of nitrogens with two attached hydrogens (primary N) is 1. The molecule has 0 spiro atoms. The Kier molecular flexibility index (Phi) is 25.3. The van der Waals surface area contributed by atoms with Crippen molar-refractivity contribution in [2.75, 3.05) is 30.7 Å². The van der Waals surface area contributed by atoms with Gasteiger partial charge >= 0.3 is 23.4 Å². The van der Waals surface area contributed by atoms with E-state index in [0.29, 0.717) is 57.5 Å². The number of nitrogens with one attached hydrogen (secondary N) is 5. The number of hydrogen-bond acceptors (Lipinski definition) is 15. The number of fused-ring (bicyclic) bond motifs is 9. The van der Waals surface area contributed by atoms with E-state index < -0.39 is 29.3 Å². The number of nitrogens with zero attached hydrogens (tertiary/aromatic N) is 5. The number of carbonyl (C=O) groups excluding carboxylic acids is 7. The summed E-state index contributed by atoms with van der Waals surface area (Å²) >= 11 is 22.9. The molecule has 22 nitrogen and oxygen atoms in total. The summed E-state index contributed by atoms with van der Waals surface area (Å²) in [6, 6.07) is 31.5. The van der Waals surface area contributed by atoms with Crippen LogP contribution in [0.1, 0.15) is 171 Å². The van der Waals surface area contributed by atoms with Crippen LogP contribution in [0.3, 0.4) is 0 Å². The van der Waals surface area contributed by atoms with Gasteiger partial charge in [0.25, 0.3) is 17.7 Å². The van der Waals surface area contributed by atoms with Crippen LogP contribution < -0.4 is 51.2 Å². The van der Waals surface area contributed by atoms with E-state index in [1.165, 1.54) is 64.7 Å². The molecule has 1 aromatic heterocycles. The number of alkyl halides is 6. The highest BCUT2D eigenvalue weighted by Crippen LogP contribution is 2.57. The van der Waals surface area contributed by atoms with E-state index in [-0.39, 0.29) is 121 Å². The number of halogens is 11. The molecule has 0 radical (unpaired) electrons. The highest BCUT2D eigenvalue weighted by atomic mass is 79.9. The maximum absolute atomic E-state index is 13.5. The zero-order valence-electron chi connectivity index (χ0n) is 60.0. The molecule has 1 saturated heterocycles. The van der Waals surface area contributed by atoms with Crippen LogP contribution in [0.5, 0.6) is 11.5 Å². The van der Waals surface area contributed by atoms with Crippen molar-refractivity contribution in [3.8, 4) is 22.8 Å². The molecule has 3 saturated carbocycles. The fraction of sp³-hybridized carbons (Fsp3) is 0.390. The van der Waals surface area contributed by atoms with Crippen LogP contribution in [0, 0.1) is 0 Å². The Morgan fingerprint density at radius 1 is 0.582 bits per heavy atom. The molecule has 110 heavy (non-hydrogen) atoms. The second-order valence-corrected chi connectivity index (χ2v) is 31.5. The number of likely N-dealkylation sites (tertiary alicyclic amines) is 1. The van der Waals surface area contributed by atoms with Crippen LogP contribution in [-0.4, -0.2) is 133 Å². The molecule has 0 bridgehead atoms. The number of aromatic nitrogens is 2. The molecule has 14 rings (SSSR count). The van der Waals surface area contributed by atoms with E-state index in [2.05, 4.69) is 129 Å². The van der Waals surface area contributed by atoms with E-state index >= 15 is 0 Å². The largest absolute Gasteiger partial charge is 0.487 e. The standard InChI is InChI=1S/C29H30ClF2N5O5.C26H25BrClF2N3O4.C21H23BrClN3O.CF2O/c1-15(2)37-26-20(19-7-8-23(27(19)37)35-24(38)9-10-25(39)40)13-16(14-21(26)22-11-12-33-36-22)28(41)34-17-3-5-18(6-4-17)42-29(30,31)32;1-13(2)32-23-18(17-7-8-20(24(17)32)33-21(34)9-10-22(33)35)11-14(12-19(23)27)25(36)31-15-3-5-16(6-4-15)37-26(28,29)30;1-11(2)26-19-16(15-7-8-18(24)20(15)26)9-12(10-17(19)22)21(27)25-14-5-3-13(23)4-6-14;2-1(3)4/h3-6,11-15,19,23,27H,7-10H2,1-2H3,(H,33,36)(H,34,41)(H,35,38)(H,39,40);3-6,11-13,17,20,24H,7-10H2,1-2H3,(H,31,36);3-6,9-11,15,18,20H,7-8,24H2,1-2H3,(H,25,27);. The molecule has 7 aromatic rings. The van der Waals surface area contributed by atoms with E-state index in [0.717, 1.165) is 80.5 Å². The van der Waals surface area contributed by atoms with Crippen LogP contribution in [0.2, 0.25) is 5.02 Å². The fourth-order valence-corrected chi connectivity index (χ4v) is 18.2. The summed E-state index contributed by atoms with van der Waals surface area (Å²) in [7, 11) is 0. The maximum atomic E-state index is 13.5. The SMILES string of the molecule is CC(C)N1c2c(-c3ccn[nH]3)cc(C(=O)Nc3ccc(OC(F)(F)Cl)cc3)cc2C2CCC(NC(=O)CCC(=O)O)C21.CC(C)N1c2c(Br)cc(C(=O)Nc3ccc(Cl)cc3)cc2C2CCC(N)C21.CC(C)N1c2c(Br)cc(C(=O)Nc3ccc(OC(F)(F)Cl)cc3)cc2C2CCC(N3C(=O)CCC3=O)C21.O=C(F)F. The lowest BCUT2D eigenvalue weighted by Gasteiger charge is -2.38. The number of carbonyl (C=O) groups is 8. The summed E-state index contributed by atoms with van der Waals surface area (Å²) in [6.07, 6.45) is 4.07. The molecule has 9 unspecified atom stereocenters. The van der Waals surface area contributed by atoms with Gasteiger partial charge in [0, 0.05) is 150 Å². The van der Waals surface area contributed by atoms with E-state index in [4.69, 9.17) is 50.4 Å². The van der Waals surface area contributed by atoms with Gasteiger partial charge in [0.2, 0.25) is 17.7 Å². The third kappa shape index (κ3) is 18.5. The van der Waals surface area contributed by atoms with Gasteiger partial charge < -0.3 is 56.3 Å². The molecule has 584 valence electrons. The predicted octanol–water partition coefficient (Wildman–Crippen LogP) is 17.4. The molecule has 4 fully saturated rings. The second kappa shape index (κ2) is 34.0. The first-order valence-corrected chi connectivity index (χ1v) is 38.2. The second-order valence-electron chi connectivity index (χ2n) is 28.4. The van der Waals surface area contributed by atoms with Crippen molar-refractivity contribution in [1.29, 1.82) is 0 Å². The number of aromatic amines is 1. The molecular weight excluding hydrogens is 1640 g/mol. The topological polar surface area (TPSA) is 291 Å². The van der Waals surface area contributed by atoms with Crippen molar-refractivity contribution in [2.24, 2.45) is 5.73 Å². The maximum Gasteiger partial charge on any atom is 0.487 e. The third-order valence-electron chi connectivity index (χ3n) is 20.5. The Balaban J connectivity index is 0.000000163. The Labute approximate surface area is 661 Å². The van der Waals surface area contributed by atoms with Crippen molar-refractivity contribution >= 4 is 148 Å². The lowest BCUT2D eigenvalue weighted by Crippen LogP contribution is -2.52. The predicted molar refractivity (Wildman–Crippen MR) is 413 cm³/mol. The zero-order valence-corrected chi connectivity index (χ0v) is 65.5. The minimum absolute atomic E-state index is 0.0234. The van der Waals surface area contributed by atoms with Gasteiger partial charge in [0.1, 0.15) is 11.5 Å². The Bertz CT molecular complexity index is 4620. The monoisotopic (exact) mass is 1710 g/mol. The van der Waals surface area contributed by atoms with Gasteiger partial charge in [-0.2, -0.15) is 5.10 Å². The van der Waals surface area contributed by atoms with Crippen LogP contribution in [0.15, 0.2) is 130 Å². The highest BCUT2D eigenvalue weighted by Gasteiger charge is 2.55. The molecule has 33 heteroatoms. The van der Waals surface area contributed by atoms with Crippen LogP contribution in [0.25, 0.3) is 11.3 Å². The van der Waals surface area contributed by atoms with Crippen molar-refractivity contribution in [3.05, 3.63) is 169 Å². The summed E-state index contributed by atoms with van der Waals surface area (Å²) in [5.74, 6) is -2.24. The minimum Gasteiger partial charge on any atom is -0.481 e. The summed E-state index contributed by atoms with van der Waals surface area (Å²) in [4.78, 5) is 105. The van der Waals surface area contributed by atoms with Gasteiger partial charge in [-0.3, -0.25) is 43.6 Å². The Morgan fingerprint density at radius 3 is 1.44 bits per heavy atom. The molecule has 7 aliphatic rings. The molecule has 4 aliphatic heterocycles. The van der Waals surface area contributed by atoms with Crippen molar-refractivity contribution < 1.29 is 79.3 Å². The lowest BCUT2D eigenvalue weighted by atomic mass is 9.92. The molecule has 6 aromatic carbocycles. The highest BCUT2D eigenvalue weighted by molar-refractivity contribution is 9.11. The van der Waals surface area contributed by atoms with Gasteiger partial charge in [-0.25, -0.2) is 4.79 Å². The van der Waals surface area contributed by atoms with Gasteiger partial charge in [0.05, 0.1) is 53.3 Å². The summed E-state index contributed by atoms with van der Waals surface area (Å²) < 4.78 is 81.3. The smallest absolute Gasteiger partial charge is 0.481 e. The summed E-state index contributed by atoms with van der Waals surface area (Å²) in [5.41, 5.74) is 9.60. The van der Waals surface area contributed by atoms with Gasteiger partial charge in [-0.15, -0.1) is 26.3 Å². The number of aliphatic carboxylic acids is 1. The number of rotatable bonds is 19. The molecule has 3 aliphatic carbocycles. The Morgan fingerprint density at radius 2 is 0.991 bits per heavy atom. The molecular formula is C77H78Br2Cl3F6N11O11. The number of carboxylic acids is 1. The fourth-order valence-electron chi connectivity index (χ4n) is 16.5.